The molecule has 33 heavy (non-hydrogen) atoms. The molecule has 1 fully saturated rings. The maximum absolute atomic E-state index is 13.4. The van der Waals surface area contributed by atoms with Gasteiger partial charge in [0.25, 0.3) is 5.91 Å². The summed E-state index contributed by atoms with van der Waals surface area (Å²) >= 11 is 6.27. The molecular weight excluding hydrogens is 455 g/mol. The summed E-state index contributed by atoms with van der Waals surface area (Å²) < 4.78 is 0. The van der Waals surface area contributed by atoms with Crippen molar-refractivity contribution in [2.24, 2.45) is 5.73 Å². The molecule has 0 aliphatic heterocycles. The topological polar surface area (TPSA) is 72.1 Å². The maximum Gasteiger partial charge on any atom is 0.255 e. The highest BCUT2D eigenvalue weighted by Gasteiger charge is 2.38. The molecule has 1 aromatic heterocycles. The Bertz CT molecular complexity index is 1020. The largest absolute Gasteiger partial charge is 0.335 e. The van der Waals surface area contributed by atoms with Gasteiger partial charge in [0.1, 0.15) is 0 Å². The number of hydrogen-bond acceptors (Lipinski definition) is 4. The van der Waals surface area contributed by atoms with Crippen molar-refractivity contribution >= 4 is 29.9 Å². The van der Waals surface area contributed by atoms with Crippen molar-refractivity contribution in [3.05, 3.63) is 94.8 Å². The number of nitrogens with zero attached hydrogens (tertiary/aromatic N) is 3. The standard InChI is InChI=1S/C26H29ClN4O.ClH/c27-23-8-4-7-22(17-23)26(19-28)13-9-24(10-14-26)31(16-12-20-5-2-1-3-6-20)25(32)21-11-15-29-30-18-21;/h1-8,11,15,17-18,24H,9-10,12-14,16,19,28H2;1H. The van der Waals surface area contributed by atoms with Gasteiger partial charge in [0.15, 0.2) is 0 Å². The molecule has 0 unspecified atom stereocenters. The van der Waals surface area contributed by atoms with Gasteiger partial charge in [-0.1, -0.05) is 54.1 Å². The molecule has 2 aromatic carbocycles. The molecule has 1 saturated carbocycles. The molecule has 2 N–H and O–H groups in total. The number of benzene rings is 2. The molecule has 5 nitrogen and oxygen atoms in total. The monoisotopic (exact) mass is 484 g/mol. The van der Waals surface area contributed by atoms with Gasteiger partial charge in [-0.05, 0) is 61.4 Å². The number of hydrogen-bond donors (Lipinski definition) is 1. The quantitative estimate of drug-likeness (QED) is 0.507. The molecule has 0 bridgehead atoms. The van der Waals surface area contributed by atoms with E-state index >= 15 is 0 Å². The van der Waals surface area contributed by atoms with Crippen LogP contribution in [-0.2, 0) is 11.8 Å². The fraction of sp³-hybridized carbons (Fsp3) is 0.346. The number of carbonyl (C=O) groups is 1. The lowest BCUT2D eigenvalue weighted by molar-refractivity contribution is 0.0597. The molecule has 4 rings (SSSR count). The Morgan fingerprint density at radius 2 is 1.82 bits per heavy atom. The molecule has 0 saturated heterocycles. The third kappa shape index (κ3) is 5.91. The Balaban J connectivity index is 0.00000306. The molecule has 7 heteroatoms. The lowest BCUT2D eigenvalue weighted by atomic mass is 9.68. The van der Waals surface area contributed by atoms with Crippen LogP contribution in [0.2, 0.25) is 5.02 Å². The summed E-state index contributed by atoms with van der Waals surface area (Å²) in [4.78, 5) is 15.5. The van der Waals surface area contributed by atoms with Crippen molar-refractivity contribution in [2.45, 2.75) is 43.6 Å². The van der Waals surface area contributed by atoms with Crippen LogP contribution < -0.4 is 5.73 Å². The van der Waals surface area contributed by atoms with Crippen LogP contribution in [-0.4, -0.2) is 40.1 Å². The van der Waals surface area contributed by atoms with E-state index in [1.165, 1.54) is 11.1 Å². The second-order valence-corrected chi connectivity index (χ2v) is 9.03. The van der Waals surface area contributed by atoms with Crippen molar-refractivity contribution < 1.29 is 4.79 Å². The number of carbonyl (C=O) groups excluding carboxylic acids is 1. The third-order valence-corrected chi connectivity index (χ3v) is 6.99. The molecule has 1 aliphatic carbocycles. The zero-order valence-electron chi connectivity index (χ0n) is 18.6. The van der Waals surface area contributed by atoms with Gasteiger partial charge in [0.05, 0.1) is 18.0 Å². The molecule has 3 aromatic rings. The minimum Gasteiger partial charge on any atom is -0.335 e. The number of nitrogens with two attached hydrogens (primary N) is 1. The summed E-state index contributed by atoms with van der Waals surface area (Å²) in [6.07, 6.45) is 7.61. The Kier molecular flexibility index (Phi) is 8.84. The van der Waals surface area contributed by atoms with Crippen LogP contribution in [0, 0.1) is 0 Å². The van der Waals surface area contributed by atoms with Gasteiger partial charge in [-0.25, -0.2) is 0 Å². The Morgan fingerprint density at radius 1 is 1.06 bits per heavy atom. The summed E-state index contributed by atoms with van der Waals surface area (Å²) in [5.74, 6) is 0.0174. The van der Waals surface area contributed by atoms with Crippen molar-refractivity contribution in [1.82, 2.24) is 15.1 Å². The molecule has 0 radical (unpaired) electrons. The van der Waals surface area contributed by atoms with Crippen LogP contribution in [0.1, 0.15) is 47.2 Å². The van der Waals surface area contributed by atoms with E-state index in [2.05, 4.69) is 28.4 Å². The molecule has 0 atom stereocenters. The number of amides is 1. The maximum atomic E-state index is 13.4. The van der Waals surface area contributed by atoms with Crippen LogP contribution in [0.25, 0.3) is 0 Å². The van der Waals surface area contributed by atoms with Gasteiger partial charge in [0, 0.05) is 29.6 Å². The summed E-state index contributed by atoms with van der Waals surface area (Å²) in [5, 5.41) is 8.47. The molecule has 174 valence electrons. The van der Waals surface area contributed by atoms with E-state index in [0.717, 1.165) is 37.1 Å². The number of aromatic nitrogens is 2. The first-order chi connectivity index (χ1) is 15.6. The minimum atomic E-state index is -0.0895. The highest BCUT2D eigenvalue weighted by atomic mass is 35.5. The van der Waals surface area contributed by atoms with E-state index in [9.17, 15) is 4.79 Å². The molecular formula is C26H30Cl2N4O. The zero-order valence-corrected chi connectivity index (χ0v) is 20.1. The fourth-order valence-electron chi connectivity index (χ4n) is 4.82. The molecule has 0 spiro atoms. The van der Waals surface area contributed by atoms with Crippen LogP contribution in [0.15, 0.2) is 73.1 Å². The second kappa shape index (κ2) is 11.6. The summed E-state index contributed by atoms with van der Waals surface area (Å²) in [6, 6.07) is 20.3. The highest BCUT2D eigenvalue weighted by Crippen LogP contribution is 2.41. The van der Waals surface area contributed by atoms with Gasteiger partial charge in [-0.3, -0.25) is 4.79 Å². The highest BCUT2D eigenvalue weighted by molar-refractivity contribution is 6.30. The van der Waals surface area contributed by atoms with Crippen molar-refractivity contribution in [1.29, 1.82) is 0 Å². The predicted octanol–water partition coefficient (Wildman–Crippen LogP) is 5.08. The van der Waals surface area contributed by atoms with Gasteiger partial charge in [-0.15, -0.1) is 12.4 Å². The van der Waals surface area contributed by atoms with E-state index in [-0.39, 0.29) is 29.8 Å². The minimum absolute atomic E-state index is 0. The van der Waals surface area contributed by atoms with E-state index in [1.54, 1.807) is 18.5 Å². The molecule has 1 amide bonds. The van der Waals surface area contributed by atoms with Gasteiger partial charge in [-0.2, -0.15) is 10.2 Å². The first-order valence-electron chi connectivity index (χ1n) is 11.2. The van der Waals surface area contributed by atoms with Gasteiger partial charge in [0.2, 0.25) is 0 Å². The van der Waals surface area contributed by atoms with Gasteiger partial charge < -0.3 is 10.6 Å². The second-order valence-electron chi connectivity index (χ2n) is 8.59. The van der Waals surface area contributed by atoms with Crippen LogP contribution in [0.5, 0.6) is 0 Å². The van der Waals surface area contributed by atoms with Crippen molar-refractivity contribution in [3.63, 3.8) is 0 Å². The van der Waals surface area contributed by atoms with Crippen molar-refractivity contribution in [3.8, 4) is 0 Å². The Labute approximate surface area is 206 Å². The van der Waals surface area contributed by atoms with Gasteiger partial charge >= 0.3 is 0 Å². The van der Waals surface area contributed by atoms with Crippen LogP contribution in [0.4, 0.5) is 0 Å². The number of halogens is 2. The van der Waals surface area contributed by atoms with E-state index in [0.29, 0.717) is 18.7 Å². The predicted molar refractivity (Wildman–Crippen MR) is 135 cm³/mol. The average Bonchev–Trinajstić information content (AvgIpc) is 2.85. The third-order valence-electron chi connectivity index (χ3n) is 6.76. The van der Waals surface area contributed by atoms with Crippen molar-refractivity contribution in [2.75, 3.05) is 13.1 Å². The van der Waals surface area contributed by atoms with E-state index in [4.69, 9.17) is 17.3 Å². The fourth-order valence-corrected chi connectivity index (χ4v) is 5.01. The van der Waals surface area contributed by atoms with E-state index < -0.39 is 0 Å². The SMILES string of the molecule is Cl.NCC1(c2cccc(Cl)c2)CCC(N(CCc2ccccc2)C(=O)c2ccnnc2)CC1. The summed E-state index contributed by atoms with van der Waals surface area (Å²) in [7, 11) is 0. The first-order valence-corrected chi connectivity index (χ1v) is 11.6. The lowest BCUT2D eigenvalue weighted by Gasteiger charge is -2.43. The smallest absolute Gasteiger partial charge is 0.255 e. The van der Waals surface area contributed by atoms with Crippen LogP contribution in [0.3, 0.4) is 0 Å². The summed E-state index contributed by atoms with van der Waals surface area (Å²) in [5.41, 5.74) is 9.21. The Hall–Kier alpha value is -2.47. The first kappa shape index (κ1) is 25.2. The number of rotatable bonds is 7. The molecule has 1 heterocycles. The van der Waals surface area contributed by atoms with E-state index in [1.807, 2.05) is 41.3 Å². The van der Waals surface area contributed by atoms with Crippen LogP contribution >= 0.6 is 24.0 Å². The Morgan fingerprint density at radius 3 is 2.45 bits per heavy atom. The average molecular weight is 485 g/mol. The molecule has 1 aliphatic rings. The lowest BCUT2D eigenvalue weighted by Crippen LogP contribution is -2.48. The summed E-state index contributed by atoms with van der Waals surface area (Å²) in [6.45, 7) is 1.24. The zero-order chi connectivity index (χ0) is 22.4. The normalized spacial score (nSPS) is 20.0.